The van der Waals surface area contributed by atoms with E-state index < -0.39 is 5.91 Å². The van der Waals surface area contributed by atoms with Crippen molar-refractivity contribution < 1.29 is 4.79 Å². The highest BCUT2D eigenvalue weighted by Gasteiger charge is 2.22. The molecule has 3 aromatic rings. The van der Waals surface area contributed by atoms with E-state index >= 15 is 0 Å². The van der Waals surface area contributed by atoms with Crippen LogP contribution >= 0.6 is 0 Å². The number of fused-ring (bicyclic) bond motifs is 1. The van der Waals surface area contributed by atoms with Crippen molar-refractivity contribution in [3.63, 3.8) is 0 Å². The summed E-state index contributed by atoms with van der Waals surface area (Å²) in [5.41, 5.74) is 7.30. The molecule has 0 bridgehead atoms. The molecular weight excluding hydrogens is 288 g/mol. The van der Waals surface area contributed by atoms with Gasteiger partial charge in [0.15, 0.2) is 0 Å². The minimum Gasteiger partial charge on any atom is -0.364 e. The zero-order valence-electron chi connectivity index (χ0n) is 13.1. The Morgan fingerprint density at radius 1 is 0.957 bits per heavy atom. The van der Waals surface area contributed by atoms with Gasteiger partial charge in [0.05, 0.1) is 0 Å². The van der Waals surface area contributed by atoms with Crippen molar-refractivity contribution in [1.29, 1.82) is 0 Å². The van der Waals surface area contributed by atoms with E-state index in [1.165, 1.54) is 4.57 Å². The van der Waals surface area contributed by atoms with Crippen molar-refractivity contribution in [2.75, 3.05) is 0 Å². The number of primary amides is 1. The van der Waals surface area contributed by atoms with E-state index in [0.717, 1.165) is 10.9 Å². The number of rotatable bonds is 3. The highest BCUT2D eigenvalue weighted by Crippen LogP contribution is 2.31. The number of nitrogens with two attached hydrogens (primary N) is 1. The number of hydrogen-bond acceptors (Lipinski definition) is 2. The van der Waals surface area contributed by atoms with Crippen molar-refractivity contribution in [3.8, 4) is 11.1 Å². The number of nitrogens with zero attached hydrogens (tertiary/aromatic N) is 1. The maximum atomic E-state index is 12.8. The number of benzene rings is 2. The lowest BCUT2D eigenvalue weighted by Crippen LogP contribution is -2.31. The third kappa shape index (κ3) is 2.42. The molecule has 3 rings (SSSR count). The topological polar surface area (TPSA) is 65.1 Å². The molecule has 0 fully saturated rings. The van der Waals surface area contributed by atoms with Gasteiger partial charge in [-0.05, 0) is 30.9 Å². The van der Waals surface area contributed by atoms with Crippen molar-refractivity contribution >= 4 is 16.7 Å². The molecule has 0 aliphatic carbocycles. The van der Waals surface area contributed by atoms with E-state index in [1.54, 1.807) is 6.07 Å². The van der Waals surface area contributed by atoms with E-state index in [1.807, 2.05) is 62.4 Å². The Morgan fingerprint density at radius 3 is 2.09 bits per heavy atom. The van der Waals surface area contributed by atoms with Crippen molar-refractivity contribution in [1.82, 2.24) is 4.57 Å². The molecule has 0 aliphatic heterocycles. The molecule has 4 nitrogen and oxygen atoms in total. The average Bonchev–Trinajstić information content (AvgIpc) is 2.55. The second kappa shape index (κ2) is 5.72. The van der Waals surface area contributed by atoms with Gasteiger partial charge in [-0.2, -0.15) is 0 Å². The average molecular weight is 306 g/mol. The van der Waals surface area contributed by atoms with Crippen molar-refractivity contribution in [2.24, 2.45) is 5.73 Å². The molecule has 0 saturated heterocycles. The highest BCUT2D eigenvalue weighted by molar-refractivity contribution is 6.07. The number of carbonyl (C=O) groups is 1. The maximum Gasteiger partial charge on any atom is 0.266 e. The summed E-state index contributed by atoms with van der Waals surface area (Å²) in [6.07, 6.45) is 0. The van der Waals surface area contributed by atoms with Crippen LogP contribution in [0.5, 0.6) is 0 Å². The third-order valence-corrected chi connectivity index (χ3v) is 3.94. The normalized spacial score (nSPS) is 11.1. The van der Waals surface area contributed by atoms with Crippen LogP contribution in [0, 0.1) is 0 Å². The van der Waals surface area contributed by atoms with Gasteiger partial charge >= 0.3 is 0 Å². The molecule has 0 atom stereocenters. The van der Waals surface area contributed by atoms with Crippen LogP contribution in [0.2, 0.25) is 0 Å². The fraction of sp³-hybridized carbons (Fsp3) is 0.158. The van der Waals surface area contributed by atoms with Crippen molar-refractivity contribution in [2.45, 2.75) is 19.9 Å². The van der Waals surface area contributed by atoms with Crippen LogP contribution in [-0.4, -0.2) is 10.5 Å². The molecule has 0 spiro atoms. The van der Waals surface area contributed by atoms with Crippen LogP contribution in [-0.2, 0) is 0 Å². The summed E-state index contributed by atoms with van der Waals surface area (Å²) in [4.78, 5) is 25.0. The quantitative estimate of drug-likeness (QED) is 0.806. The van der Waals surface area contributed by atoms with E-state index in [9.17, 15) is 9.59 Å². The number of carbonyl (C=O) groups excluding carboxylic acids is 1. The highest BCUT2D eigenvalue weighted by atomic mass is 16.2. The minimum absolute atomic E-state index is 0.169. The molecule has 0 radical (unpaired) electrons. The molecular formula is C19H18N2O2. The molecule has 2 N–H and O–H groups in total. The molecule has 1 aromatic heterocycles. The van der Waals surface area contributed by atoms with Gasteiger partial charge < -0.3 is 10.3 Å². The van der Waals surface area contributed by atoms with Gasteiger partial charge in [0, 0.05) is 17.0 Å². The molecule has 1 amide bonds. The monoisotopic (exact) mass is 306 g/mol. The Morgan fingerprint density at radius 2 is 1.52 bits per heavy atom. The Labute approximate surface area is 134 Å². The zero-order chi connectivity index (χ0) is 16.6. The smallest absolute Gasteiger partial charge is 0.266 e. The Hall–Kier alpha value is -2.88. The summed E-state index contributed by atoms with van der Waals surface area (Å²) in [6.45, 7) is 3.74. The number of amides is 1. The molecule has 116 valence electrons. The lowest BCUT2D eigenvalue weighted by atomic mass is 9.96. The lowest BCUT2D eigenvalue weighted by Gasteiger charge is -2.20. The van der Waals surface area contributed by atoms with Crippen molar-refractivity contribution in [3.05, 3.63) is 70.6 Å². The van der Waals surface area contributed by atoms with Gasteiger partial charge in [-0.25, -0.2) is 0 Å². The van der Waals surface area contributed by atoms with E-state index in [4.69, 9.17) is 5.73 Å². The van der Waals surface area contributed by atoms with Crippen LogP contribution in [0.4, 0.5) is 0 Å². The van der Waals surface area contributed by atoms with Crippen LogP contribution in [0.15, 0.2) is 59.4 Å². The summed E-state index contributed by atoms with van der Waals surface area (Å²) in [6, 6.07) is 16.7. The first-order chi connectivity index (χ1) is 11.0. The molecule has 23 heavy (non-hydrogen) atoms. The standard InChI is InChI=1S/C19H18N2O2/c1-12(2)21-17(18(20)22)16(13-8-4-3-5-9-13)14-10-6-7-11-15(14)19(21)23/h3-12H,1-2H3,(H2,20,22). The SMILES string of the molecule is CC(C)n1c(C(N)=O)c(-c2ccccc2)c2ccccc2c1=O. The Bertz CT molecular complexity index is 941. The van der Waals surface area contributed by atoms with Gasteiger partial charge in [0.2, 0.25) is 0 Å². The first-order valence-corrected chi connectivity index (χ1v) is 7.55. The predicted molar refractivity (Wildman–Crippen MR) is 92.5 cm³/mol. The Kier molecular flexibility index (Phi) is 3.74. The number of aromatic nitrogens is 1. The number of hydrogen-bond donors (Lipinski definition) is 1. The van der Waals surface area contributed by atoms with Gasteiger partial charge in [-0.3, -0.25) is 9.59 Å². The summed E-state index contributed by atoms with van der Waals surface area (Å²) >= 11 is 0. The van der Waals surface area contributed by atoms with Crippen LogP contribution in [0.25, 0.3) is 21.9 Å². The zero-order valence-corrected chi connectivity index (χ0v) is 13.1. The first kappa shape index (κ1) is 15.0. The van der Waals surface area contributed by atoms with E-state index in [0.29, 0.717) is 10.9 Å². The molecule has 1 heterocycles. The van der Waals surface area contributed by atoms with Gasteiger partial charge in [0.25, 0.3) is 11.5 Å². The Balaban J connectivity index is 2.60. The molecule has 4 heteroatoms. The summed E-state index contributed by atoms with van der Waals surface area (Å²) in [7, 11) is 0. The van der Waals surface area contributed by atoms with Crippen LogP contribution in [0.1, 0.15) is 30.4 Å². The fourth-order valence-electron chi connectivity index (χ4n) is 3.00. The number of pyridine rings is 1. The summed E-state index contributed by atoms with van der Waals surface area (Å²) < 4.78 is 1.49. The summed E-state index contributed by atoms with van der Waals surface area (Å²) in [5.74, 6) is -0.597. The third-order valence-electron chi connectivity index (χ3n) is 3.94. The van der Waals surface area contributed by atoms with E-state index in [2.05, 4.69) is 0 Å². The first-order valence-electron chi connectivity index (χ1n) is 7.55. The summed E-state index contributed by atoms with van der Waals surface area (Å²) in [5, 5.41) is 1.33. The van der Waals surface area contributed by atoms with Gasteiger partial charge in [-0.15, -0.1) is 0 Å². The predicted octanol–water partition coefficient (Wildman–Crippen LogP) is 3.35. The van der Waals surface area contributed by atoms with Gasteiger partial charge in [0.1, 0.15) is 5.69 Å². The molecule has 2 aromatic carbocycles. The maximum absolute atomic E-state index is 12.8. The lowest BCUT2D eigenvalue weighted by molar-refractivity contribution is 0.0989. The minimum atomic E-state index is -0.597. The fourth-order valence-corrected chi connectivity index (χ4v) is 3.00. The van der Waals surface area contributed by atoms with Gasteiger partial charge in [-0.1, -0.05) is 48.5 Å². The van der Waals surface area contributed by atoms with E-state index in [-0.39, 0.29) is 17.3 Å². The molecule has 0 saturated carbocycles. The van der Waals surface area contributed by atoms with Crippen LogP contribution in [0.3, 0.4) is 0 Å². The second-order valence-electron chi connectivity index (χ2n) is 5.77. The second-order valence-corrected chi connectivity index (χ2v) is 5.77. The van der Waals surface area contributed by atoms with Crippen LogP contribution < -0.4 is 11.3 Å². The molecule has 0 unspecified atom stereocenters. The molecule has 0 aliphatic rings. The largest absolute Gasteiger partial charge is 0.364 e.